The van der Waals surface area contributed by atoms with Crippen LogP contribution in [-0.4, -0.2) is 199 Å². The average Bonchev–Trinajstić information content (AvgIpc) is 3.91. The Morgan fingerprint density at radius 2 is 1.05 bits per heavy atom. The fourth-order valence-corrected chi connectivity index (χ4v) is 7.42. The summed E-state index contributed by atoms with van der Waals surface area (Å²) in [6, 6.07) is -10.8. The van der Waals surface area contributed by atoms with Crippen LogP contribution in [0.2, 0.25) is 0 Å². The maximum Gasteiger partial charge on any atom is 0.326 e. The lowest BCUT2D eigenvalue weighted by Crippen LogP contribution is -2.62. The van der Waals surface area contributed by atoms with Crippen LogP contribution in [-0.2, 0) is 70.4 Å². The number of aromatic nitrogens is 2. The van der Waals surface area contributed by atoms with Gasteiger partial charge in [0, 0.05) is 24.7 Å². The molecule has 1 aromatic heterocycles. The normalized spacial score (nSPS) is 15.2. The van der Waals surface area contributed by atoms with Crippen LogP contribution >= 0.6 is 11.8 Å². The second kappa shape index (κ2) is 33.3. The van der Waals surface area contributed by atoms with Gasteiger partial charge in [-0.15, -0.1) is 0 Å². The van der Waals surface area contributed by atoms with E-state index in [9.17, 15) is 78.0 Å². The Kier molecular flexibility index (Phi) is 28.2. The number of hydrogen-bond donors (Lipinski definition) is 18. The highest BCUT2D eigenvalue weighted by Crippen LogP contribution is 2.14. The molecule has 2 rings (SSSR count). The summed E-state index contributed by atoms with van der Waals surface area (Å²) in [6.45, 7) is 1.22. The second-order valence-electron chi connectivity index (χ2n) is 17.8. The number of aromatic amines is 1. The fourth-order valence-electron chi connectivity index (χ4n) is 6.95. The van der Waals surface area contributed by atoms with Gasteiger partial charge in [0.15, 0.2) is 0 Å². The van der Waals surface area contributed by atoms with E-state index in [1.165, 1.54) is 62.4 Å². The lowest BCUT2D eigenvalue weighted by Gasteiger charge is -2.29. The zero-order valence-electron chi connectivity index (χ0n) is 43.1. The molecule has 0 bridgehead atoms. The summed E-state index contributed by atoms with van der Waals surface area (Å²) in [6.07, 6.45) is 2.35. The molecular weight excluding hydrogens is 1050 g/mol. The number of carboxylic acids is 1. The molecule has 32 heteroatoms. The molecule has 1 aromatic carbocycles. The van der Waals surface area contributed by atoms with E-state index in [1.54, 1.807) is 13.2 Å². The van der Waals surface area contributed by atoms with E-state index < -0.39 is 170 Å². The monoisotopic (exact) mass is 1120 g/mol. The van der Waals surface area contributed by atoms with E-state index in [2.05, 4.69) is 57.8 Å². The zero-order valence-corrected chi connectivity index (χ0v) is 43.9. The van der Waals surface area contributed by atoms with Crippen LogP contribution in [0.15, 0.2) is 36.8 Å². The van der Waals surface area contributed by atoms with Crippen LogP contribution in [0, 0.1) is 5.92 Å². The van der Waals surface area contributed by atoms with E-state index in [-0.39, 0.29) is 31.4 Å². The first kappa shape index (κ1) is 66.2. The van der Waals surface area contributed by atoms with Crippen molar-refractivity contribution in [3.8, 4) is 5.75 Å². The average molecular weight is 1120 g/mol. The van der Waals surface area contributed by atoms with Crippen molar-refractivity contribution in [3.63, 3.8) is 0 Å². The SMILES string of the molecule is CC[C@H](C)[C@H](NC(=O)[C@H](CO)NC(=O)[C@H](CO)NC(=O)[C@H](CC(N)=O)NC(=O)[C@H](C)NC(=O)[C@@H](N)CO)C(=O)N[C@@H](CC(N)=O)C(=O)N[C@@H](Cc1ccc(O)cc1)C(=O)N[C@@H](CCSC)C(=O)N[C@@H](Cc1cnc[nH]1)C(=O)O. The third kappa shape index (κ3) is 22.3. The number of hydrogen-bond acceptors (Lipinski definition) is 19. The van der Waals surface area contributed by atoms with Gasteiger partial charge in [-0.2, -0.15) is 11.8 Å². The number of primary amides is 2. The number of aliphatic hydroxyl groups is 3. The third-order valence-electron chi connectivity index (χ3n) is 11.6. The van der Waals surface area contributed by atoms with Crippen molar-refractivity contribution < 1.29 is 83.1 Å². The number of H-pyrrole nitrogens is 1. The molecule has 0 aliphatic rings. The first-order chi connectivity index (χ1) is 36.8. The molecule has 31 nitrogen and oxygen atoms in total. The summed E-state index contributed by atoms with van der Waals surface area (Å²) in [5.41, 5.74) is 16.9. The number of nitrogens with two attached hydrogens (primary N) is 3. The van der Waals surface area contributed by atoms with E-state index in [4.69, 9.17) is 22.3 Å². The maximum absolute atomic E-state index is 14.1. The van der Waals surface area contributed by atoms with E-state index in [0.29, 0.717) is 17.0 Å². The molecule has 0 saturated carbocycles. The molecule has 11 atom stereocenters. The third-order valence-corrected chi connectivity index (χ3v) is 12.3. The predicted molar refractivity (Wildman–Crippen MR) is 274 cm³/mol. The number of rotatable bonds is 35. The van der Waals surface area contributed by atoms with Gasteiger partial charge < -0.3 is 95.6 Å². The number of phenols is 1. The van der Waals surface area contributed by atoms with Crippen LogP contribution in [0.5, 0.6) is 5.75 Å². The number of carbonyl (C=O) groups is 12. The maximum atomic E-state index is 14.1. The Labute approximate surface area is 450 Å². The molecule has 0 saturated heterocycles. The lowest BCUT2D eigenvalue weighted by molar-refractivity contribution is -0.142. The molecule has 0 radical (unpaired) electrons. The number of carboxylic acid groups (broad SMARTS) is 1. The molecule has 0 unspecified atom stereocenters. The second-order valence-corrected chi connectivity index (χ2v) is 18.8. The molecule has 1 heterocycles. The van der Waals surface area contributed by atoms with Gasteiger partial charge >= 0.3 is 5.97 Å². The van der Waals surface area contributed by atoms with Crippen LogP contribution in [0.25, 0.3) is 0 Å². The Morgan fingerprint density at radius 1 is 0.590 bits per heavy atom. The summed E-state index contributed by atoms with van der Waals surface area (Å²) >= 11 is 1.31. The minimum Gasteiger partial charge on any atom is -0.508 e. The minimum absolute atomic E-state index is 0.00850. The summed E-state index contributed by atoms with van der Waals surface area (Å²) in [4.78, 5) is 164. The molecule has 0 spiro atoms. The molecule has 78 heavy (non-hydrogen) atoms. The number of amides is 11. The Balaban J connectivity index is 2.35. The van der Waals surface area contributed by atoms with Gasteiger partial charge in [0.1, 0.15) is 66.2 Å². The van der Waals surface area contributed by atoms with Crippen molar-refractivity contribution in [2.75, 3.05) is 31.8 Å². The number of nitrogens with one attached hydrogen (secondary N) is 10. The molecule has 21 N–H and O–H groups in total. The Morgan fingerprint density at radius 3 is 1.53 bits per heavy atom. The molecule has 11 amide bonds. The van der Waals surface area contributed by atoms with Gasteiger partial charge in [0.05, 0.1) is 39.0 Å². The number of thioether (sulfide) groups is 1. The Hall–Kier alpha value is -7.94. The smallest absolute Gasteiger partial charge is 0.326 e. The van der Waals surface area contributed by atoms with Gasteiger partial charge in [-0.3, -0.25) is 52.7 Å². The quantitative estimate of drug-likeness (QED) is 0.0305. The topological polar surface area (TPSA) is 521 Å². The van der Waals surface area contributed by atoms with Gasteiger partial charge in [-0.1, -0.05) is 32.4 Å². The number of nitrogens with zero attached hydrogens (tertiary/aromatic N) is 1. The first-order valence-electron chi connectivity index (χ1n) is 24.1. The summed E-state index contributed by atoms with van der Waals surface area (Å²) < 4.78 is 0. The fraction of sp³-hybridized carbons (Fsp3) is 0.543. The number of phenolic OH excluding ortho intramolecular Hbond substituents is 1. The van der Waals surface area contributed by atoms with Gasteiger partial charge in [0.25, 0.3) is 0 Å². The van der Waals surface area contributed by atoms with Crippen LogP contribution in [0.3, 0.4) is 0 Å². The van der Waals surface area contributed by atoms with Crippen molar-refractivity contribution >= 4 is 82.7 Å². The highest BCUT2D eigenvalue weighted by atomic mass is 32.2. The number of benzene rings is 1. The van der Waals surface area contributed by atoms with E-state index >= 15 is 0 Å². The highest BCUT2D eigenvalue weighted by Gasteiger charge is 2.37. The number of aliphatic carboxylic acids is 1. The number of aromatic hydroxyl groups is 1. The van der Waals surface area contributed by atoms with Crippen molar-refractivity contribution in [1.29, 1.82) is 0 Å². The summed E-state index contributed by atoms with van der Waals surface area (Å²) in [5.74, 6) is -14.1. The van der Waals surface area contributed by atoms with Crippen LogP contribution < -0.4 is 65.1 Å². The van der Waals surface area contributed by atoms with Crippen LogP contribution in [0.1, 0.15) is 57.7 Å². The molecule has 2 aromatic rings. The number of aliphatic hydroxyl groups excluding tert-OH is 3. The standard InChI is InChI=1S/C46H70N14O17S/c1-5-21(2)36(60-44(74)33(19-63)59-43(73)32(18-62)58-42(72)29(14-34(48)65)54-37(67)22(3)52-38(68)26(47)17-61)45(75)56-30(15-35(49)66)41(71)55-28(12-23-6-8-25(64)9-7-23)40(70)53-27(10-11-78-4)39(69)57-31(46(76)77)13-24-16-50-20-51-24/h6-9,16,20-22,26-33,36,61-64H,5,10-15,17-19,47H2,1-4H3,(H2,48,65)(H2,49,66)(H,50,51)(H,52,68)(H,53,70)(H,54,67)(H,55,71)(H,56,75)(H,57,69)(H,58,72)(H,59,73)(H,60,74)(H,76,77)/t21-,22-,26-,27-,28-,29-,30-,31-,32-,33-,36-/m0/s1. The largest absolute Gasteiger partial charge is 0.508 e. The van der Waals surface area contributed by atoms with E-state index in [1.807, 2.05) is 0 Å². The molecule has 432 valence electrons. The molecular formula is C46H70N14O17S. The molecule has 0 aliphatic heterocycles. The van der Waals surface area contributed by atoms with Crippen molar-refractivity contribution in [2.45, 2.75) is 120 Å². The minimum atomic E-state index is -1.92. The van der Waals surface area contributed by atoms with Gasteiger partial charge in [-0.05, 0) is 49.0 Å². The van der Waals surface area contributed by atoms with Crippen molar-refractivity contribution in [2.24, 2.45) is 23.1 Å². The van der Waals surface area contributed by atoms with Crippen molar-refractivity contribution in [3.05, 3.63) is 48.0 Å². The predicted octanol–water partition coefficient (Wildman–Crippen LogP) is -7.78. The van der Waals surface area contributed by atoms with Crippen LogP contribution in [0.4, 0.5) is 0 Å². The molecule has 0 fully saturated rings. The number of imidazole rings is 1. The summed E-state index contributed by atoms with van der Waals surface area (Å²) in [5, 5.41) is 69.7. The Bertz CT molecular complexity index is 2400. The zero-order chi connectivity index (χ0) is 58.8. The van der Waals surface area contributed by atoms with E-state index in [0.717, 1.165) is 0 Å². The highest BCUT2D eigenvalue weighted by molar-refractivity contribution is 7.98. The van der Waals surface area contributed by atoms with Crippen molar-refractivity contribution in [1.82, 2.24) is 57.8 Å². The number of carbonyl (C=O) groups excluding carboxylic acids is 11. The first-order valence-corrected chi connectivity index (χ1v) is 25.5. The van der Waals surface area contributed by atoms with Gasteiger partial charge in [-0.25, -0.2) is 9.78 Å². The summed E-state index contributed by atoms with van der Waals surface area (Å²) in [7, 11) is 0. The lowest BCUT2D eigenvalue weighted by atomic mass is 9.97. The van der Waals surface area contributed by atoms with Gasteiger partial charge in [0.2, 0.25) is 65.0 Å². The molecule has 0 aliphatic carbocycles.